The number of likely N-dealkylation sites (N-methyl/N-ethyl adjacent to an activating group) is 1. The van der Waals surface area contributed by atoms with Crippen LogP contribution in [0.4, 0.5) is 15.9 Å². The molecule has 1 atom stereocenters. The van der Waals surface area contributed by atoms with E-state index in [1.54, 1.807) is 18.5 Å². The van der Waals surface area contributed by atoms with E-state index in [1.807, 2.05) is 13.1 Å². The zero-order valence-electron chi connectivity index (χ0n) is 18.3. The number of benzene rings is 1. The molecule has 0 radical (unpaired) electrons. The lowest BCUT2D eigenvalue weighted by molar-refractivity contribution is -0.126. The van der Waals surface area contributed by atoms with Crippen molar-refractivity contribution in [3.8, 4) is 0 Å². The van der Waals surface area contributed by atoms with Gasteiger partial charge in [0.15, 0.2) is 5.82 Å². The molecule has 0 bridgehead atoms. The number of hydrogen-bond acceptors (Lipinski definition) is 6. The van der Waals surface area contributed by atoms with Gasteiger partial charge in [0.2, 0.25) is 5.91 Å². The molecule has 0 saturated carbocycles. The summed E-state index contributed by atoms with van der Waals surface area (Å²) in [5.74, 6) is 0.780. The Kier molecular flexibility index (Phi) is 6.65. The molecule has 1 aromatic carbocycles. The van der Waals surface area contributed by atoms with Gasteiger partial charge in [-0.3, -0.25) is 4.79 Å². The second-order valence-electron chi connectivity index (χ2n) is 8.57. The van der Waals surface area contributed by atoms with Crippen LogP contribution in [0.15, 0.2) is 36.8 Å². The summed E-state index contributed by atoms with van der Waals surface area (Å²) < 4.78 is 13.1. The van der Waals surface area contributed by atoms with Crippen LogP contribution in [-0.2, 0) is 4.79 Å². The maximum Gasteiger partial charge on any atom is 0.223 e. The fourth-order valence-electron chi connectivity index (χ4n) is 4.35. The first kappa shape index (κ1) is 21.5. The lowest BCUT2D eigenvalue weighted by atomic mass is 9.95. The molecule has 2 aliphatic rings. The maximum absolute atomic E-state index is 13.1. The van der Waals surface area contributed by atoms with Gasteiger partial charge < -0.3 is 20.0 Å². The number of rotatable bonds is 5. The van der Waals surface area contributed by atoms with Gasteiger partial charge in [-0.2, -0.15) is 0 Å². The first-order chi connectivity index (χ1) is 15.0. The van der Waals surface area contributed by atoms with Gasteiger partial charge in [0.05, 0.1) is 17.9 Å². The van der Waals surface area contributed by atoms with Crippen molar-refractivity contribution in [2.45, 2.75) is 25.8 Å². The van der Waals surface area contributed by atoms with E-state index in [2.05, 4.69) is 37.0 Å². The Labute approximate surface area is 183 Å². The fourth-order valence-corrected chi connectivity index (χ4v) is 4.35. The van der Waals surface area contributed by atoms with Crippen LogP contribution in [0.3, 0.4) is 0 Å². The molecule has 2 aromatic rings. The Morgan fingerprint density at radius 2 is 1.74 bits per heavy atom. The summed E-state index contributed by atoms with van der Waals surface area (Å²) in [6.07, 6.45) is 5.10. The molecule has 0 aliphatic carbocycles. The second-order valence-corrected chi connectivity index (χ2v) is 8.57. The van der Waals surface area contributed by atoms with E-state index in [9.17, 15) is 9.18 Å². The number of halogens is 1. The molecule has 7 nitrogen and oxygen atoms in total. The molecule has 3 heterocycles. The number of aromatic nitrogens is 2. The molecule has 1 N–H and O–H groups in total. The Morgan fingerprint density at radius 1 is 1.06 bits per heavy atom. The van der Waals surface area contributed by atoms with E-state index >= 15 is 0 Å². The molecule has 31 heavy (non-hydrogen) atoms. The smallest absolute Gasteiger partial charge is 0.223 e. The van der Waals surface area contributed by atoms with Crippen molar-refractivity contribution in [3.05, 3.63) is 48.2 Å². The molecule has 2 fully saturated rings. The van der Waals surface area contributed by atoms with Crippen molar-refractivity contribution in [3.63, 3.8) is 0 Å². The van der Waals surface area contributed by atoms with Gasteiger partial charge >= 0.3 is 0 Å². The van der Waals surface area contributed by atoms with Crippen LogP contribution in [-0.4, -0.2) is 67.1 Å². The quantitative estimate of drug-likeness (QED) is 0.793. The highest BCUT2D eigenvalue weighted by Crippen LogP contribution is 2.30. The summed E-state index contributed by atoms with van der Waals surface area (Å²) in [7, 11) is 2.14. The number of piperazine rings is 1. The molecule has 8 heteroatoms. The number of carbonyl (C=O) groups excluding carboxylic acids is 1. The molecule has 166 valence electrons. The Bertz CT molecular complexity index is 876. The van der Waals surface area contributed by atoms with Gasteiger partial charge in [-0.25, -0.2) is 14.4 Å². The Hall–Kier alpha value is -2.74. The SMILES string of the molecule is C[C@@H](NC(=O)C1CCN(c2cncnc2N2CCN(C)CC2)CC1)c1ccc(F)cc1. The van der Waals surface area contributed by atoms with Crippen LogP contribution >= 0.6 is 0 Å². The summed E-state index contributed by atoms with van der Waals surface area (Å²) in [5.41, 5.74) is 1.97. The highest BCUT2D eigenvalue weighted by molar-refractivity contribution is 5.79. The van der Waals surface area contributed by atoms with E-state index in [1.165, 1.54) is 12.1 Å². The van der Waals surface area contributed by atoms with Crippen molar-refractivity contribution in [2.24, 2.45) is 5.92 Å². The topological polar surface area (TPSA) is 64.6 Å². The van der Waals surface area contributed by atoms with Crippen molar-refractivity contribution in [2.75, 3.05) is 56.1 Å². The molecule has 2 saturated heterocycles. The van der Waals surface area contributed by atoms with Gasteiger partial charge in [0.25, 0.3) is 0 Å². The molecular weight excluding hydrogens is 395 g/mol. The highest BCUT2D eigenvalue weighted by atomic mass is 19.1. The predicted molar refractivity (Wildman–Crippen MR) is 120 cm³/mol. The van der Waals surface area contributed by atoms with Gasteiger partial charge in [-0.05, 0) is 44.5 Å². The third-order valence-electron chi connectivity index (χ3n) is 6.41. The molecule has 0 spiro atoms. The van der Waals surface area contributed by atoms with Crippen LogP contribution in [0, 0.1) is 11.7 Å². The van der Waals surface area contributed by atoms with Crippen molar-refractivity contribution in [1.29, 1.82) is 0 Å². The van der Waals surface area contributed by atoms with E-state index < -0.39 is 0 Å². The van der Waals surface area contributed by atoms with E-state index in [-0.39, 0.29) is 23.7 Å². The van der Waals surface area contributed by atoms with Gasteiger partial charge in [-0.15, -0.1) is 0 Å². The monoisotopic (exact) mass is 426 g/mol. The average molecular weight is 427 g/mol. The summed E-state index contributed by atoms with van der Waals surface area (Å²) in [6.45, 7) is 7.51. The largest absolute Gasteiger partial charge is 0.367 e. The standard InChI is InChI=1S/C23H31FN6O/c1-17(18-3-5-20(24)6-4-18)27-23(31)19-7-9-29(10-8-19)21-15-25-16-26-22(21)30-13-11-28(2)12-14-30/h3-6,15-17,19H,7-14H2,1-2H3,(H,27,31)/t17-/m1/s1. The third-order valence-corrected chi connectivity index (χ3v) is 6.41. The van der Waals surface area contributed by atoms with E-state index in [0.717, 1.165) is 69.2 Å². The van der Waals surface area contributed by atoms with E-state index in [4.69, 9.17) is 0 Å². The zero-order valence-corrected chi connectivity index (χ0v) is 18.3. The third kappa shape index (κ3) is 5.12. The van der Waals surface area contributed by atoms with Crippen LogP contribution in [0.1, 0.15) is 31.4 Å². The van der Waals surface area contributed by atoms with Gasteiger partial charge in [0, 0.05) is 45.2 Å². The summed E-state index contributed by atoms with van der Waals surface area (Å²) in [4.78, 5) is 28.6. The number of amides is 1. The zero-order chi connectivity index (χ0) is 21.8. The first-order valence-electron chi connectivity index (χ1n) is 11.1. The maximum atomic E-state index is 13.1. The number of carbonyl (C=O) groups is 1. The minimum absolute atomic E-state index is 0.0177. The molecule has 4 rings (SSSR count). The Balaban J connectivity index is 1.34. The second kappa shape index (κ2) is 9.60. The number of anilines is 2. The predicted octanol–water partition coefficient (Wildman–Crippen LogP) is 2.46. The minimum Gasteiger partial charge on any atom is -0.367 e. The van der Waals surface area contributed by atoms with Crippen molar-refractivity contribution in [1.82, 2.24) is 20.2 Å². The van der Waals surface area contributed by atoms with Crippen LogP contribution < -0.4 is 15.1 Å². The highest BCUT2D eigenvalue weighted by Gasteiger charge is 2.28. The van der Waals surface area contributed by atoms with E-state index in [0.29, 0.717) is 0 Å². The molecule has 1 amide bonds. The number of hydrogen-bond donors (Lipinski definition) is 1. The summed E-state index contributed by atoms with van der Waals surface area (Å²) in [6, 6.07) is 6.15. The van der Waals surface area contributed by atoms with Crippen molar-refractivity contribution >= 4 is 17.4 Å². The Morgan fingerprint density at radius 3 is 2.42 bits per heavy atom. The van der Waals surface area contributed by atoms with Gasteiger partial charge in [-0.1, -0.05) is 12.1 Å². The first-order valence-corrected chi connectivity index (χ1v) is 11.1. The fraction of sp³-hybridized carbons (Fsp3) is 0.522. The molecular formula is C23H31FN6O. The van der Waals surface area contributed by atoms with Gasteiger partial charge in [0.1, 0.15) is 12.1 Å². The van der Waals surface area contributed by atoms with Crippen LogP contribution in [0.25, 0.3) is 0 Å². The van der Waals surface area contributed by atoms with Crippen LogP contribution in [0.5, 0.6) is 0 Å². The normalized spacial score (nSPS) is 19.3. The number of piperidine rings is 1. The van der Waals surface area contributed by atoms with Crippen LogP contribution in [0.2, 0.25) is 0 Å². The average Bonchev–Trinajstić information content (AvgIpc) is 2.80. The lowest BCUT2D eigenvalue weighted by Gasteiger charge is -2.38. The number of nitrogens with zero attached hydrogens (tertiary/aromatic N) is 5. The summed E-state index contributed by atoms with van der Waals surface area (Å²) in [5, 5.41) is 3.09. The number of nitrogens with one attached hydrogen (secondary N) is 1. The van der Waals surface area contributed by atoms with Crippen molar-refractivity contribution < 1.29 is 9.18 Å². The molecule has 0 unspecified atom stereocenters. The summed E-state index contributed by atoms with van der Waals surface area (Å²) >= 11 is 0. The minimum atomic E-state index is -0.268. The molecule has 1 aromatic heterocycles. The lowest BCUT2D eigenvalue weighted by Crippen LogP contribution is -2.46. The molecule has 2 aliphatic heterocycles.